The average Bonchev–Trinajstić information content (AvgIpc) is 2.68. The number of ether oxygens (including phenoxy) is 1. The van der Waals surface area contributed by atoms with Crippen LogP contribution in [0.5, 0.6) is 5.75 Å². The predicted molar refractivity (Wildman–Crippen MR) is 123 cm³/mol. The zero-order valence-electron chi connectivity index (χ0n) is 15.1. The van der Waals surface area contributed by atoms with E-state index < -0.39 is 11.7 Å². The highest BCUT2D eigenvalue weighted by atomic mass is 127. The zero-order chi connectivity index (χ0) is 21.7. The van der Waals surface area contributed by atoms with E-state index in [9.17, 15) is 17.6 Å². The number of hydrazone groups is 1. The first-order chi connectivity index (χ1) is 14.2. The summed E-state index contributed by atoms with van der Waals surface area (Å²) in [5, 5.41) is 4.02. The van der Waals surface area contributed by atoms with Gasteiger partial charge in [-0.1, -0.05) is 12.1 Å². The van der Waals surface area contributed by atoms with Crippen LogP contribution in [-0.4, -0.2) is 11.2 Å². The molecular formula is C20H13F4I2N3O. The van der Waals surface area contributed by atoms with Crippen LogP contribution in [0, 0.1) is 13.0 Å². The molecule has 1 aromatic heterocycles. The fourth-order valence-electron chi connectivity index (χ4n) is 2.33. The van der Waals surface area contributed by atoms with Gasteiger partial charge in [0.1, 0.15) is 24.0 Å². The Bertz CT molecular complexity index is 1020. The Kier molecular flexibility index (Phi) is 7.50. The van der Waals surface area contributed by atoms with Crippen molar-refractivity contribution >= 4 is 57.2 Å². The summed E-state index contributed by atoms with van der Waals surface area (Å²) in [5.41, 5.74) is 3.40. The van der Waals surface area contributed by atoms with Crippen LogP contribution in [0.3, 0.4) is 0 Å². The lowest BCUT2D eigenvalue weighted by molar-refractivity contribution is -0.137. The quantitative estimate of drug-likeness (QED) is 0.145. The fraction of sp³-hybridized carbons (Fsp3) is 0.100. The van der Waals surface area contributed by atoms with Gasteiger partial charge in [0.15, 0.2) is 0 Å². The first kappa shape index (κ1) is 22.7. The SMILES string of the molecule is Fc1ccc(COc2c(I)cc(/C=N\Nc3ccc(C(F)(F)F)cn3)cc2I)cc1. The standard InChI is InChI=1S/C20H13F4I2N3O/c21-15-4-1-12(2-5-15)11-30-19-16(25)7-13(8-17(19)26)9-28-29-18-6-3-14(10-27-18)20(22,23)24/h1-10H,11H2,(H,27,29)/b28-9-. The summed E-state index contributed by atoms with van der Waals surface area (Å²) in [6, 6.07) is 11.9. The number of hydrogen-bond acceptors (Lipinski definition) is 4. The Hall–Kier alpha value is -1.96. The maximum absolute atomic E-state index is 13.0. The van der Waals surface area contributed by atoms with Crippen LogP contribution in [0.15, 0.2) is 59.8 Å². The average molecular weight is 641 g/mol. The van der Waals surface area contributed by atoms with E-state index in [-0.39, 0.29) is 11.6 Å². The molecule has 3 aromatic rings. The summed E-state index contributed by atoms with van der Waals surface area (Å²) in [7, 11) is 0. The molecule has 0 bridgehead atoms. The number of halogens is 6. The third-order valence-corrected chi connectivity index (χ3v) is 5.40. The third-order valence-electron chi connectivity index (χ3n) is 3.80. The van der Waals surface area contributed by atoms with Gasteiger partial charge in [-0.05, 0) is 92.7 Å². The molecule has 4 nitrogen and oxygen atoms in total. The minimum absolute atomic E-state index is 0.197. The van der Waals surface area contributed by atoms with E-state index >= 15 is 0 Å². The molecule has 0 unspecified atom stereocenters. The molecule has 0 saturated carbocycles. The van der Waals surface area contributed by atoms with Gasteiger partial charge >= 0.3 is 6.18 Å². The number of anilines is 1. The summed E-state index contributed by atoms with van der Waals surface area (Å²) >= 11 is 4.29. The monoisotopic (exact) mass is 641 g/mol. The highest BCUT2D eigenvalue weighted by Crippen LogP contribution is 2.30. The minimum atomic E-state index is -4.43. The van der Waals surface area contributed by atoms with Crippen LogP contribution in [-0.2, 0) is 12.8 Å². The van der Waals surface area contributed by atoms with Crippen molar-refractivity contribution < 1.29 is 22.3 Å². The molecule has 0 radical (unpaired) electrons. The van der Waals surface area contributed by atoms with Crippen LogP contribution in [0.2, 0.25) is 0 Å². The topological polar surface area (TPSA) is 46.5 Å². The summed E-state index contributed by atoms with van der Waals surface area (Å²) < 4.78 is 58.2. The lowest BCUT2D eigenvalue weighted by Gasteiger charge is -2.11. The number of hydrogen-bond donors (Lipinski definition) is 1. The Labute approximate surface area is 197 Å². The molecule has 10 heteroatoms. The summed E-state index contributed by atoms with van der Waals surface area (Å²) in [6.07, 6.45) is -2.15. The van der Waals surface area contributed by atoms with Crippen molar-refractivity contribution in [2.24, 2.45) is 5.10 Å². The molecule has 0 atom stereocenters. The van der Waals surface area contributed by atoms with Crippen LogP contribution in [0.4, 0.5) is 23.4 Å². The lowest BCUT2D eigenvalue weighted by Crippen LogP contribution is -2.05. The van der Waals surface area contributed by atoms with Crippen molar-refractivity contribution in [3.05, 3.63) is 84.4 Å². The van der Waals surface area contributed by atoms with E-state index in [1.165, 1.54) is 24.4 Å². The van der Waals surface area contributed by atoms with Crippen molar-refractivity contribution in [3.8, 4) is 5.75 Å². The Morgan fingerprint density at radius 2 is 1.70 bits per heavy atom. The highest BCUT2D eigenvalue weighted by Gasteiger charge is 2.30. The van der Waals surface area contributed by atoms with Gasteiger partial charge in [0.05, 0.1) is 18.9 Å². The molecule has 0 aliphatic heterocycles. The van der Waals surface area contributed by atoms with Gasteiger partial charge in [0.25, 0.3) is 0 Å². The number of nitrogens with one attached hydrogen (secondary N) is 1. The normalized spacial score (nSPS) is 11.7. The molecule has 0 aliphatic carbocycles. The summed E-state index contributed by atoms with van der Waals surface area (Å²) in [5.74, 6) is 0.601. The number of alkyl halides is 3. The van der Waals surface area contributed by atoms with Gasteiger partial charge in [-0.15, -0.1) is 0 Å². The van der Waals surface area contributed by atoms with Gasteiger partial charge in [0.2, 0.25) is 0 Å². The van der Waals surface area contributed by atoms with Crippen LogP contribution in [0.25, 0.3) is 0 Å². The molecule has 0 aliphatic rings. The Morgan fingerprint density at radius 3 is 2.27 bits per heavy atom. The van der Waals surface area contributed by atoms with E-state index in [0.717, 1.165) is 30.5 Å². The van der Waals surface area contributed by atoms with Crippen molar-refractivity contribution in [1.29, 1.82) is 0 Å². The van der Waals surface area contributed by atoms with E-state index in [1.54, 1.807) is 12.1 Å². The van der Waals surface area contributed by atoms with Gasteiger partial charge in [0, 0.05) is 6.20 Å². The molecule has 0 fully saturated rings. The molecule has 1 heterocycles. The van der Waals surface area contributed by atoms with E-state index in [1.807, 2.05) is 12.1 Å². The molecule has 1 N–H and O–H groups in total. The largest absolute Gasteiger partial charge is 0.487 e. The van der Waals surface area contributed by atoms with Crippen molar-refractivity contribution in [2.45, 2.75) is 12.8 Å². The third kappa shape index (κ3) is 6.27. The van der Waals surface area contributed by atoms with Crippen molar-refractivity contribution in [3.63, 3.8) is 0 Å². The van der Waals surface area contributed by atoms with Gasteiger partial charge < -0.3 is 4.74 Å². The fourth-order valence-corrected chi connectivity index (χ4v) is 4.46. The van der Waals surface area contributed by atoms with E-state index in [0.29, 0.717) is 12.4 Å². The van der Waals surface area contributed by atoms with Crippen molar-refractivity contribution in [2.75, 3.05) is 5.43 Å². The predicted octanol–water partition coefficient (Wildman–Crippen LogP) is 6.47. The second-order valence-corrected chi connectivity index (χ2v) is 8.35. The maximum Gasteiger partial charge on any atom is 0.417 e. The Balaban J connectivity index is 1.63. The second kappa shape index (κ2) is 9.90. The Morgan fingerprint density at radius 1 is 1.03 bits per heavy atom. The molecule has 0 amide bonds. The summed E-state index contributed by atoms with van der Waals surface area (Å²) in [4.78, 5) is 3.69. The molecule has 0 spiro atoms. The molecule has 2 aromatic carbocycles. The number of aromatic nitrogens is 1. The molecule has 156 valence electrons. The smallest absolute Gasteiger partial charge is 0.417 e. The molecule has 30 heavy (non-hydrogen) atoms. The van der Waals surface area contributed by atoms with Crippen molar-refractivity contribution in [1.82, 2.24) is 4.98 Å². The summed E-state index contributed by atoms with van der Waals surface area (Å²) in [6.45, 7) is 0.306. The maximum atomic E-state index is 13.0. The number of rotatable bonds is 6. The van der Waals surface area contributed by atoms with Gasteiger partial charge in [-0.2, -0.15) is 18.3 Å². The molecule has 0 saturated heterocycles. The zero-order valence-corrected chi connectivity index (χ0v) is 19.4. The lowest BCUT2D eigenvalue weighted by atomic mass is 10.2. The second-order valence-electron chi connectivity index (χ2n) is 6.03. The van der Waals surface area contributed by atoms with Crippen LogP contribution in [0.1, 0.15) is 16.7 Å². The minimum Gasteiger partial charge on any atom is -0.487 e. The number of benzene rings is 2. The van der Waals surface area contributed by atoms with Crippen LogP contribution >= 0.6 is 45.2 Å². The van der Waals surface area contributed by atoms with Gasteiger partial charge in [-0.25, -0.2) is 9.37 Å². The highest BCUT2D eigenvalue weighted by molar-refractivity contribution is 14.1. The number of nitrogens with zero attached hydrogens (tertiary/aromatic N) is 2. The number of pyridine rings is 1. The first-order valence-electron chi connectivity index (χ1n) is 8.41. The van der Waals surface area contributed by atoms with E-state index in [4.69, 9.17) is 4.74 Å². The van der Waals surface area contributed by atoms with Crippen LogP contribution < -0.4 is 10.2 Å². The van der Waals surface area contributed by atoms with E-state index in [2.05, 4.69) is 60.7 Å². The molecular weight excluding hydrogens is 628 g/mol. The molecule has 3 rings (SSSR count). The van der Waals surface area contributed by atoms with Gasteiger partial charge in [-0.3, -0.25) is 5.43 Å². The first-order valence-corrected chi connectivity index (χ1v) is 10.6.